The summed E-state index contributed by atoms with van der Waals surface area (Å²) in [5.41, 5.74) is 2.63. The van der Waals surface area contributed by atoms with Gasteiger partial charge in [-0.3, -0.25) is 14.5 Å². The van der Waals surface area contributed by atoms with Gasteiger partial charge in [0.1, 0.15) is 5.69 Å². The Bertz CT molecular complexity index is 1030. The number of nitrogens with zero attached hydrogens (tertiary/aromatic N) is 4. The van der Waals surface area contributed by atoms with E-state index in [1.807, 2.05) is 30.9 Å². The first-order chi connectivity index (χ1) is 15.0. The molecule has 1 amide bonds. The van der Waals surface area contributed by atoms with Crippen LogP contribution < -0.4 is 5.56 Å². The van der Waals surface area contributed by atoms with Crippen LogP contribution in [0.2, 0.25) is 0 Å². The number of carbonyl (C=O) groups excluding carboxylic acids is 1. The molecule has 31 heavy (non-hydrogen) atoms. The van der Waals surface area contributed by atoms with Crippen LogP contribution in [-0.2, 0) is 0 Å². The molecule has 1 aliphatic heterocycles. The summed E-state index contributed by atoms with van der Waals surface area (Å²) in [7, 11) is 0. The van der Waals surface area contributed by atoms with Gasteiger partial charge in [0.2, 0.25) is 0 Å². The zero-order valence-electron chi connectivity index (χ0n) is 18.0. The molecular weight excluding hydrogens is 388 g/mol. The first kappa shape index (κ1) is 21.0. The highest BCUT2D eigenvalue weighted by Crippen LogP contribution is 2.29. The highest BCUT2D eigenvalue weighted by molar-refractivity contribution is 5.92. The number of hydrogen-bond acceptors (Lipinski definition) is 4. The number of rotatable bonds is 5. The molecule has 0 spiro atoms. The summed E-state index contributed by atoms with van der Waals surface area (Å²) in [6.45, 7) is 6.55. The fourth-order valence-corrected chi connectivity index (χ4v) is 4.14. The molecule has 0 N–H and O–H groups in total. The standard InChI is InChI=1S/C25H28N4O2/c1-19(2)29-23(30)14-13-22(26-29)25(31)28-17-15-27(16-18-28)24(20-9-5-3-6-10-20)21-11-7-4-8-12-21/h3-14,19,24H,15-18H2,1-2H3. The molecule has 1 aliphatic rings. The minimum Gasteiger partial charge on any atom is -0.335 e. The fraction of sp³-hybridized carbons (Fsp3) is 0.320. The van der Waals surface area contributed by atoms with Gasteiger partial charge in [0.25, 0.3) is 11.5 Å². The van der Waals surface area contributed by atoms with Gasteiger partial charge in [0.15, 0.2) is 0 Å². The van der Waals surface area contributed by atoms with Crippen molar-refractivity contribution < 1.29 is 4.79 Å². The monoisotopic (exact) mass is 416 g/mol. The van der Waals surface area contributed by atoms with Gasteiger partial charge in [-0.05, 0) is 31.0 Å². The lowest BCUT2D eigenvalue weighted by Gasteiger charge is -2.39. The topological polar surface area (TPSA) is 58.4 Å². The number of benzene rings is 2. The van der Waals surface area contributed by atoms with Crippen LogP contribution in [0.4, 0.5) is 0 Å². The van der Waals surface area contributed by atoms with E-state index in [0.717, 1.165) is 13.1 Å². The van der Waals surface area contributed by atoms with Crippen molar-refractivity contribution >= 4 is 5.91 Å². The van der Waals surface area contributed by atoms with E-state index in [1.165, 1.54) is 27.9 Å². The lowest BCUT2D eigenvalue weighted by molar-refractivity contribution is 0.0589. The summed E-state index contributed by atoms with van der Waals surface area (Å²) in [6.07, 6.45) is 0. The maximum Gasteiger partial charge on any atom is 0.274 e. The zero-order chi connectivity index (χ0) is 21.8. The number of amides is 1. The van der Waals surface area contributed by atoms with Gasteiger partial charge in [-0.2, -0.15) is 5.10 Å². The molecule has 2 heterocycles. The molecule has 1 saturated heterocycles. The van der Waals surface area contributed by atoms with E-state index in [9.17, 15) is 9.59 Å². The molecule has 1 fully saturated rings. The Hall–Kier alpha value is -3.25. The van der Waals surface area contributed by atoms with Gasteiger partial charge in [0, 0.05) is 32.2 Å². The highest BCUT2D eigenvalue weighted by Gasteiger charge is 2.29. The Balaban J connectivity index is 1.51. The second-order valence-electron chi connectivity index (χ2n) is 8.15. The average molecular weight is 417 g/mol. The van der Waals surface area contributed by atoms with Crippen LogP contribution in [0, 0.1) is 0 Å². The molecule has 3 aromatic rings. The Morgan fingerprint density at radius 1 is 0.806 bits per heavy atom. The molecule has 1 aromatic heterocycles. The van der Waals surface area contributed by atoms with Crippen molar-refractivity contribution in [3.05, 3.63) is 100.0 Å². The summed E-state index contributed by atoms with van der Waals surface area (Å²) in [5.74, 6) is -0.120. The number of hydrogen-bond donors (Lipinski definition) is 0. The van der Waals surface area contributed by atoms with Gasteiger partial charge in [0.05, 0.1) is 12.1 Å². The molecule has 0 bridgehead atoms. The van der Waals surface area contributed by atoms with Gasteiger partial charge in [-0.15, -0.1) is 0 Å². The Labute approximate surface area is 182 Å². The lowest BCUT2D eigenvalue weighted by atomic mass is 9.96. The second kappa shape index (κ2) is 9.27. The maximum atomic E-state index is 13.0. The van der Waals surface area contributed by atoms with Crippen LogP contribution in [0.25, 0.3) is 0 Å². The molecular formula is C25H28N4O2. The quantitative estimate of drug-likeness (QED) is 0.640. The minimum absolute atomic E-state index is 0.0883. The first-order valence-electron chi connectivity index (χ1n) is 10.8. The van der Waals surface area contributed by atoms with Crippen LogP contribution in [0.1, 0.15) is 47.5 Å². The molecule has 4 rings (SSSR count). The third kappa shape index (κ3) is 4.59. The molecule has 6 nitrogen and oxygen atoms in total. The average Bonchev–Trinajstić information content (AvgIpc) is 2.81. The Morgan fingerprint density at radius 3 is 1.87 bits per heavy atom. The van der Waals surface area contributed by atoms with Crippen molar-refractivity contribution in [1.82, 2.24) is 19.6 Å². The van der Waals surface area contributed by atoms with Crippen LogP contribution in [0.15, 0.2) is 77.6 Å². The number of aromatic nitrogens is 2. The zero-order valence-corrected chi connectivity index (χ0v) is 18.0. The predicted molar refractivity (Wildman–Crippen MR) is 121 cm³/mol. The van der Waals surface area contributed by atoms with Gasteiger partial charge in [-0.1, -0.05) is 60.7 Å². The van der Waals surface area contributed by atoms with Crippen LogP contribution in [-0.4, -0.2) is 51.7 Å². The van der Waals surface area contributed by atoms with E-state index in [1.54, 1.807) is 0 Å². The fourth-order valence-electron chi connectivity index (χ4n) is 4.14. The predicted octanol–water partition coefficient (Wildman–Crippen LogP) is 3.37. The summed E-state index contributed by atoms with van der Waals surface area (Å²) >= 11 is 0. The van der Waals surface area contributed by atoms with E-state index in [-0.39, 0.29) is 23.6 Å². The molecule has 0 unspecified atom stereocenters. The molecule has 0 aliphatic carbocycles. The van der Waals surface area contributed by atoms with Gasteiger partial charge >= 0.3 is 0 Å². The third-order valence-electron chi connectivity index (χ3n) is 5.73. The summed E-state index contributed by atoms with van der Waals surface area (Å²) < 4.78 is 1.37. The van der Waals surface area contributed by atoms with E-state index >= 15 is 0 Å². The largest absolute Gasteiger partial charge is 0.335 e. The maximum absolute atomic E-state index is 13.0. The van der Waals surface area contributed by atoms with Crippen molar-refractivity contribution in [3.8, 4) is 0 Å². The molecule has 160 valence electrons. The lowest BCUT2D eigenvalue weighted by Crippen LogP contribution is -2.50. The Morgan fingerprint density at radius 2 is 1.35 bits per heavy atom. The highest BCUT2D eigenvalue weighted by atomic mass is 16.2. The van der Waals surface area contributed by atoms with E-state index < -0.39 is 0 Å². The van der Waals surface area contributed by atoms with E-state index in [0.29, 0.717) is 18.8 Å². The van der Waals surface area contributed by atoms with Crippen molar-refractivity contribution in [1.29, 1.82) is 0 Å². The van der Waals surface area contributed by atoms with Crippen molar-refractivity contribution in [3.63, 3.8) is 0 Å². The van der Waals surface area contributed by atoms with Crippen LogP contribution >= 0.6 is 0 Å². The minimum atomic E-state index is -0.190. The summed E-state index contributed by atoms with van der Waals surface area (Å²) in [4.78, 5) is 29.3. The van der Waals surface area contributed by atoms with Crippen LogP contribution in [0.5, 0.6) is 0 Å². The van der Waals surface area contributed by atoms with Crippen LogP contribution in [0.3, 0.4) is 0 Å². The third-order valence-corrected chi connectivity index (χ3v) is 5.73. The Kier molecular flexibility index (Phi) is 6.28. The molecule has 2 aromatic carbocycles. The number of carbonyl (C=O) groups is 1. The van der Waals surface area contributed by atoms with Crippen molar-refractivity contribution in [2.75, 3.05) is 26.2 Å². The molecule has 0 radical (unpaired) electrons. The van der Waals surface area contributed by atoms with Gasteiger partial charge in [-0.25, -0.2) is 4.68 Å². The molecule has 6 heteroatoms. The molecule has 0 atom stereocenters. The summed E-state index contributed by atoms with van der Waals surface area (Å²) in [6, 6.07) is 24.0. The second-order valence-corrected chi connectivity index (χ2v) is 8.15. The van der Waals surface area contributed by atoms with Gasteiger partial charge < -0.3 is 4.90 Å². The van der Waals surface area contributed by atoms with Crippen molar-refractivity contribution in [2.24, 2.45) is 0 Å². The van der Waals surface area contributed by atoms with Crippen molar-refractivity contribution in [2.45, 2.75) is 25.9 Å². The molecule has 0 saturated carbocycles. The first-order valence-corrected chi connectivity index (χ1v) is 10.8. The normalized spacial score (nSPS) is 14.9. The SMILES string of the molecule is CC(C)n1nc(C(=O)N2CCN(C(c3ccccc3)c3ccccc3)CC2)ccc1=O. The summed E-state index contributed by atoms with van der Waals surface area (Å²) in [5, 5.41) is 4.30. The number of piperazine rings is 1. The van der Waals surface area contributed by atoms with E-state index in [2.05, 4.69) is 58.5 Å². The smallest absolute Gasteiger partial charge is 0.274 e. The van der Waals surface area contributed by atoms with E-state index in [4.69, 9.17) is 0 Å².